The van der Waals surface area contributed by atoms with Gasteiger partial charge in [0, 0.05) is 23.1 Å². The number of esters is 1. The minimum absolute atomic E-state index is 0.0864. The molecule has 152 valence electrons. The molecule has 0 atom stereocenters. The Morgan fingerprint density at radius 1 is 1.14 bits per heavy atom. The van der Waals surface area contributed by atoms with Gasteiger partial charge in [-0.25, -0.2) is 4.79 Å². The lowest BCUT2D eigenvalue weighted by molar-refractivity contribution is 0.0527. The van der Waals surface area contributed by atoms with E-state index >= 15 is 0 Å². The van der Waals surface area contributed by atoms with Gasteiger partial charge in [-0.1, -0.05) is 18.2 Å². The van der Waals surface area contributed by atoms with Crippen molar-refractivity contribution in [2.75, 3.05) is 26.1 Å². The Bertz CT molecular complexity index is 1060. The van der Waals surface area contributed by atoms with Crippen LogP contribution in [0.5, 0.6) is 5.75 Å². The fourth-order valence-electron chi connectivity index (χ4n) is 3.39. The molecule has 0 saturated carbocycles. The second-order valence-electron chi connectivity index (χ2n) is 7.02. The number of aromatic hydroxyl groups is 1. The fraction of sp³-hybridized carbons (Fsp3) is 0.273. The van der Waals surface area contributed by atoms with Crippen LogP contribution >= 0.6 is 0 Å². The van der Waals surface area contributed by atoms with Gasteiger partial charge in [0.15, 0.2) is 0 Å². The number of rotatable bonds is 6. The second kappa shape index (κ2) is 8.36. The quantitative estimate of drug-likeness (QED) is 0.626. The van der Waals surface area contributed by atoms with E-state index in [0.29, 0.717) is 39.8 Å². The zero-order valence-electron chi connectivity index (χ0n) is 17.0. The first kappa shape index (κ1) is 20.4. The van der Waals surface area contributed by atoms with Crippen LogP contribution < -0.4 is 5.43 Å². The third-order valence-corrected chi connectivity index (χ3v) is 4.66. The van der Waals surface area contributed by atoms with Crippen molar-refractivity contribution in [2.45, 2.75) is 20.4 Å². The van der Waals surface area contributed by atoms with Gasteiger partial charge in [-0.2, -0.15) is 0 Å². The maximum atomic E-state index is 12.8. The van der Waals surface area contributed by atoms with E-state index in [2.05, 4.69) is 5.43 Å². The van der Waals surface area contributed by atoms with Crippen molar-refractivity contribution < 1.29 is 19.4 Å². The van der Waals surface area contributed by atoms with Crippen LogP contribution in [0.3, 0.4) is 0 Å². The summed E-state index contributed by atoms with van der Waals surface area (Å²) in [6.07, 6.45) is 0. The number of fused-ring (bicyclic) bond motifs is 1. The number of nitrogens with one attached hydrogen (secondary N) is 1. The minimum atomic E-state index is -0.492. The molecule has 0 radical (unpaired) electrons. The summed E-state index contributed by atoms with van der Waals surface area (Å²) < 4.78 is 6.84. The molecule has 0 aliphatic rings. The molecule has 3 aromatic rings. The van der Waals surface area contributed by atoms with Gasteiger partial charge >= 0.3 is 5.97 Å². The largest absolute Gasteiger partial charge is 0.508 e. The van der Waals surface area contributed by atoms with Crippen molar-refractivity contribution in [1.29, 1.82) is 0 Å². The van der Waals surface area contributed by atoms with Gasteiger partial charge < -0.3 is 14.7 Å². The maximum Gasteiger partial charge on any atom is 0.340 e. The van der Waals surface area contributed by atoms with E-state index in [9.17, 15) is 14.7 Å². The SMILES string of the molecule is CCOC(=O)c1c(C)n(NC(=O)c2ccccc2)c2ccc(O)c(CN(C)C)c12. The summed E-state index contributed by atoms with van der Waals surface area (Å²) in [4.78, 5) is 27.4. The lowest BCUT2D eigenvalue weighted by atomic mass is 10.0. The predicted molar refractivity (Wildman–Crippen MR) is 112 cm³/mol. The van der Waals surface area contributed by atoms with E-state index in [1.807, 2.05) is 25.1 Å². The topological polar surface area (TPSA) is 83.8 Å². The lowest BCUT2D eigenvalue weighted by Gasteiger charge is -2.14. The van der Waals surface area contributed by atoms with Gasteiger partial charge in [-0.15, -0.1) is 0 Å². The Balaban J connectivity index is 2.21. The normalized spacial score (nSPS) is 11.1. The molecule has 0 bridgehead atoms. The summed E-state index contributed by atoms with van der Waals surface area (Å²) in [5.41, 5.74) is 5.45. The highest BCUT2D eigenvalue weighted by atomic mass is 16.5. The van der Waals surface area contributed by atoms with Crippen LogP contribution in [0, 0.1) is 6.92 Å². The number of carbonyl (C=O) groups is 2. The summed E-state index contributed by atoms with van der Waals surface area (Å²) in [6, 6.07) is 12.1. The number of phenolic OH excluding ortho intramolecular Hbond substituents is 1. The van der Waals surface area contributed by atoms with Crippen LogP contribution in [0.15, 0.2) is 42.5 Å². The number of phenols is 1. The maximum absolute atomic E-state index is 12.8. The van der Waals surface area contributed by atoms with E-state index < -0.39 is 5.97 Å². The molecule has 0 aliphatic carbocycles. The first-order valence-electron chi connectivity index (χ1n) is 9.39. The van der Waals surface area contributed by atoms with E-state index in [1.54, 1.807) is 54.9 Å². The van der Waals surface area contributed by atoms with Crippen molar-refractivity contribution >= 4 is 22.8 Å². The summed E-state index contributed by atoms with van der Waals surface area (Å²) in [7, 11) is 3.76. The molecule has 0 saturated heterocycles. The van der Waals surface area contributed by atoms with Crippen molar-refractivity contribution in [1.82, 2.24) is 9.58 Å². The Labute approximate surface area is 169 Å². The van der Waals surface area contributed by atoms with Crippen molar-refractivity contribution in [2.24, 2.45) is 0 Å². The van der Waals surface area contributed by atoms with Crippen LogP contribution in [0.4, 0.5) is 0 Å². The van der Waals surface area contributed by atoms with Gasteiger partial charge in [-0.05, 0) is 52.2 Å². The number of amides is 1. The number of hydrogen-bond acceptors (Lipinski definition) is 5. The van der Waals surface area contributed by atoms with Gasteiger partial charge in [0.2, 0.25) is 0 Å². The highest BCUT2D eigenvalue weighted by Crippen LogP contribution is 2.34. The molecule has 7 nitrogen and oxygen atoms in total. The first-order chi connectivity index (χ1) is 13.8. The summed E-state index contributed by atoms with van der Waals surface area (Å²) in [5.74, 6) is -0.708. The molecule has 0 aliphatic heterocycles. The van der Waals surface area contributed by atoms with Crippen LogP contribution in [0.2, 0.25) is 0 Å². The molecule has 2 aromatic carbocycles. The smallest absolute Gasteiger partial charge is 0.340 e. The van der Waals surface area contributed by atoms with Gasteiger partial charge in [0.25, 0.3) is 5.91 Å². The number of carbonyl (C=O) groups excluding carboxylic acids is 2. The molecule has 29 heavy (non-hydrogen) atoms. The number of benzene rings is 2. The van der Waals surface area contributed by atoms with Crippen molar-refractivity contribution in [3.8, 4) is 5.75 Å². The predicted octanol–water partition coefficient (Wildman–Crippen LogP) is 3.28. The van der Waals surface area contributed by atoms with E-state index in [1.165, 1.54) is 0 Å². The van der Waals surface area contributed by atoms with Crippen molar-refractivity contribution in [3.63, 3.8) is 0 Å². The molecular formula is C22H25N3O4. The average molecular weight is 395 g/mol. The van der Waals surface area contributed by atoms with Crippen LogP contribution in [-0.2, 0) is 11.3 Å². The molecule has 0 spiro atoms. The Kier molecular flexibility index (Phi) is 5.89. The molecule has 7 heteroatoms. The average Bonchev–Trinajstić information content (AvgIpc) is 2.96. The second-order valence-corrected chi connectivity index (χ2v) is 7.02. The third-order valence-electron chi connectivity index (χ3n) is 4.66. The lowest BCUT2D eigenvalue weighted by Crippen LogP contribution is -2.24. The third kappa shape index (κ3) is 3.95. The zero-order valence-corrected chi connectivity index (χ0v) is 17.0. The number of hydrogen-bond donors (Lipinski definition) is 2. The van der Waals surface area contributed by atoms with Gasteiger partial charge in [0.1, 0.15) is 5.75 Å². The first-order valence-corrected chi connectivity index (χ1v) is 9.39. The van der Waals surface area contributed by atoms with Crippen LogP contribution in [0.1, 0.15) is 38.9 Å². The monoisotopic (exact) mass is 395 g/mol. The molecule has 0 fully saturated rings. The van der Waals surface area contributed by atoms with Gasteiger partial charge in [0.05, 0.1) is 23.4 Å². The molecule has 3 rings (SSSR count). The Hall–Kier alpha value is -3.32. The van der Waals surface area contributed by atoms with Crippen LogP contribution in [0.25, 0.3) is 10.9 Å². The van der Waals surface area contributed by atoms with Crippen molar-refractivity contribution in [3.05, 3.63) is 64.8 Å². The number of nitrogens with zero attached hydrogens (tertiary/aromatic N) is 2. The number of ether oxygens (including phenoxy) is 1. The molecule has 0 unspecified atom stereocenters. The molecular weight excluding hydrogens is 370 g/mol. The summed E-state index contributed by atoms with van der Waals surface area (Å²) in [6.45, 7) is 4.13. The fourth-order valence-corrected chi connectivity index (χ4v) is 3.39. The zero-order chi connectivity index (χ0) is 21.1. The minimum Gasteiger partial charge on any atom is -0.508 e. The highest BCUT2D eigenvalue weighted by Gasteiger charge is 2.26. The molecule has 1 heterocycles. The van der Waals surface area contributed by atoms with E-state index in [-0.39, 0.29) is 18.3 Å². The number of aromatic nitrogens is 1. The molecule has 1 aromatic heterocycles. The summed E-state index contributed by atoms with van der Waals surface area (Å²) in [5, 5.41) is 11.1. The highest BCUT2D eigenvalue weighted by molar-refractivity contribution is 6.09. The standard InChI is InChI=1S/C22H25N3O4/c1-5-29-22(28)19-14(2)25(23-21(27)15-9-7-6-8-10-15)17-11-12-18(26)16(20(17)19)13-24(3)4/h6-12,26H,5,13H2,1-4H3,(H,23,27). The van der Waals surface area contributed by atoms with E-state index in [4.69, 9.17) is 4.74 Å². The Morgan fingerprint density at radius 3 is 2.45 bits per heavy atom. The van der Waals surface area contributed by atoms with Gasteiger partial charge in [-0.3, -0.25) is 14.9 Å². The molecule has 1 amide bonds. The van der Waals surface area contributed by atoms with E-state index in [0.717, 1.165) is 0 Å². The molecule has 2 N–H and O–H groups in total. The van der Waals surface area contributed by atoms with Crippen LogP contribution in [-0.4, -0.2) is 47.3 Å². The Morgan fingerprint density at radius 2 is 1.83 bits per heavy atom. The summed E-state index contributed by atoms with van der Waals surface area (Å²) >= 11 is 0.